The highest BCUT2D eigenvalue weighted by molar-refractivity contribution is 5.69. The van der Waals surface area contributed by atoms with Crippen molar-refractivity contribution in [3.8, 4) is 28.6 Å². The molecule has 4 heteroatoms. The molecule has 1 heterocycles. The third kappa shape index (κ3) is 3.43. The predicted molar refractivity (Wildman–Crippen MR) is 99.6 cm³/mol. The van der Waals surface area contributed by atoms with E-state index in [0.717, 1.165) is 16.7 Å². The lowest BCUT2D eigenvalue weighted by Crippen LogP contribution is -2.12. The summed E-state index contributed by atoms with van der Waals surface area (Å²) in [6.07, 6.45) is 0. The quantitative estimate of drug-likeness (QED) is 0.683. The number of aromatic hydroxyl groups is 1. The number of benzene rings is 2. The fourth-order valence-electron chi connectivity index (χ4n) is 2.76. The summed E-state index contributed by atoms with van der Waals surface area (Å²) in [7, 11) is 0. The van der Waals surface area contributed by atoms with Gasteiger partial charge in [-0.1, -0.05) is 76.2 Å². The standard InChI is InChI=1S/C21H24N2O2/c1-13(2)15-11-16(18(24)17(12-15)21(3,4)5)20-22-19(23-25-20)14-9-7-6-8-10-14/h6-13,24H,1-5H3. The van der Waals surface area contributed by atoms with Gasteiger partial charge in [-0.05, 0) is 23.0 Å². The molecular formula is C21H24N2O2. The van der Waals surface area contributed by atoms with E-state index >= 15 is 0 Å². The Hall–Kier alpha value is -2.62. The van der Waals surface area contributed by atoms with Crippen LogP contribution in [-0.2, 0) is 5.41 Å². The summed E-state index contributed by atoms with van der Waals surface area (Å²) in [5.41, 5.74) is 3.30. The van der Waals surface area contributed by atoms with E-state index in [-0.39, 0.29) is 11.2 Å². The first-order chi connectivity index (χ1) is 11.8. The van der Waals surface area contributed by atoms with Gasteiger partial charge in [0.2, 0.25) is 5.82 Å². The van der Waals surface area contributed by atoms with Gasteiger partial charge in [0.25, 0.3) is 5.89 Å². The molecule has 1 aromatic heterocycles. The molecule has 130 valence electrons. The molecular weight excluding hydrogens is 312 g/mol. The van der Waals surface area contributed by atoms with Crippen LogP contribution in [0.2, 0.25) is 0 Å². The number of hydrogen-bond acceptors (Lipinski definition) is 4. The van der Waals surface area contributed by atoms with Crippen molar-refractivity contribution < 1.29 is 9.63 Å². The lowest BCUT2D eigenvalue weighted by atomic mass is 9.82. The zero-order chi connectivity index (χ0) is 18.2. The SMILES string of the molecule is CC(C)c1cc(-c2nc(-c3ccccc3)no2)c(O)c(C(C)(C)C)c1. The summed E-state index contributed by atoms with van der Waals surface area (Å²) in [6.45, 7) is 10.5. The average molecular weight is 336 g/mol. The van der Waals surface area contributed by atoms with Crippen molar-refractivity contribution in [1.82, 2.24) is 10.1 Å². The monoisotopic (exact) mass is 336 g/mol. The van der Waals surface area contributed by atoms with Gasteiger partial charge >= 0.3 is 0 Å². The van der Waals surface area contributed by atoms with Crippen LogP contribution in [0.3, 0.4) is 0 Å². The Morgan fingerprint density at radius 1 is 1.04 bits per heavy atom. The van der Waals surface area contributed by atoms with E-state index in [4.69, 9.17) is 4.52 Å². The minimum atomic E-state index is -0.188. The minimum Gasteiger partial charge on any atom is -0.507 e. The van der Waals surface area contributed by atoms with Crippen LogP contribution < -0.4 is 0 Å². The van der Waals surface area contributed by atoms with Gasteiger partial charge < -0.3 is 9.63 Å². The summed E-state index contributed by atoms with van der Waals surface area (Å²) in [5.74, 6) is 1.39. The highest BCUT2D eigenvalue weighted by Crippen LogP contribution is 2.40. The van der Waals surface area contributed by atoms with Crippen molar-refractivity contribution in [2.24, 2.45) is 0 Å². The molecule has 0 saturated carbocycles. The molecule has 0 unspecified atom stereocenters. The van der Waals surface area contributed by atoms with Gasteiger partial charge in [-0.3, -0.25) is 0 Å². The molecule has 0 amide bonds. The molecule has 0 spiro atoms. The highest BCUT2D eigenvalue weighted by Gasteiger charge is 2.25. The second-order valence-electron chi connectivity index (χ2n) is 7.66. The van der Waals surface area contributed by atoms with Gasteiger partial charge in [-0.15, -0.1) is 0 Å². The Bertz CT molecular complexity index is 875. The lowest BCUT2D eigenvalue weighted by molar-refractivity contribution is 0.420. The Morgan fingerprint density at radius 3 is 2.32 bits per heavy atom. The number of hydrogen-bond donors (Lipinski definition) is 1. The maximum absolute atomic E-state index is 10.8. The first-order valence-electron chi connectivity index (χ1n) is 8.54. The molecule has 1 N–H and O–H groups in total. The van der Waals surface area contributed by atoms with Crippen LogP contribution in [0, 0.1) is 0 Å². The molecule has 0 aliphatic rings. The molecule has 0 aliphatic heterocycles. The smallest absolute Gasteiger partial charge is 0.262 e. The van der Waals surface area contributed by atoms with Crippen LogP contribution in [0.25, 0.3) is 22.8 Å². The van der Waals surface area contributed by atoms with E-state index in [1.54, 1.807) is 0 Å². The molecule has 0 saturated heterocycles. The van der Waals surface area contributed by atoms with E-state index in [1.165, 1.54) is 0 Å². The molecule has 25 heavy (non-hydrogen) atoms. The van der Waals surface area contributed by atoms with Crippen LogP contribution in [0.1, 0.15) is 51.7 Å². The third-order valence-electron chi connectivity index (χ3n) is 4.30. The number of rotatable bonds is 3. The zero-order valence-electron chi connectivity index (χ0n) is 15.4. The average Bonchev–Trinajstić information content (AvgIpc) is 3.04. The Balaban J connectivity index is 2.14. The van der Waals surface area contributed by atoms with Crippen molar-refractivity contribution in [3.05, 3.63) is 53.6 Å². The van der Waals surface area contributed by atoms with Gasteiger partial charge in [0.1, 0.15) is 5.75 Å². The summed E-state index contributed by atoms with van der Waals surface area (Å²) in [5, 5.41) is 14.9. The summed E-state index contributed by atoms with van der Waals surface area (Å²) >= 11 is 0. The van der Waals surface area contributed by atoms with E-state index in [2.05, 4.69) is 50.8 Å². The Morgan fingerprint density at radius 2 is 1.72 bits per heavy atom. The second kappa shape index (κ2) is 6.36. The number of nitrogens with zero attached hydrogens (tertiary/aromatic N) is 2. The van der Waals surface area contributed by atoms with Crippen molar-refractivity contribution in [3.63, 3.8) is 0 Å². The summed E-state index contributed by atoms with van der Waals surface area (Å²) in [4.78, 5) is 4.50. The molecule has 0 bridgehead atoms. The maximum atomic E-state index is 10.8. The number of phenolic OH excluding ortho intramolecular Hbond substituents is 1. The molecule has 3 rings (SSSR count). The Labute approximate surface area is 148 Å². The fourth-order valence-corrected chi connectivity index (χ4v) is 2.76. The lowest BCUT2D eigenvalue weighted by Gasteiger charge is -2.23. The van der Waals surface area contributed by atoms with Gasteiger partial charge in [0.15, 0.2) is 0 Å². The molecule has 3 aromatic rings. The van der Waals surface area contributed by atoms with Crippen molar-refractivity contribution in [1.29, 1.82) is 0 Å². The normalized spacial score (nSPS) is 11.9. The number of phenols is 1. The highest BCUT2D eigenvalue weighted by atomic mass is 16.5. The van der Waals surface area contributed by atoms with Crippen LogP contribution in [0.5, 0.6) is 5.75 Å². The third-order valence-corrected chi connectivity index (χ3v) is 4.30. The topological polar surface area (TPSA) is 59.2 Å². The predicted octanol–water partition coefficient (Wildman–Crippen LogP) is 5.53. The summed E-state index contributed by atoms with van der Waals surface area (Å²) in [6, 6.07) is 13.7. The molecule has 0 atom stereocenters. The van der Waals surface area contributed by atoms with Crippen molar-refractivity contribution >= 4 is 0 Å². The Kier molecular flexibility index (Phi) is 4.38. The van der Waals surface area contributed by atoms with Gasteiger partial charge in [0.05, 0.1) is 5.56 Å². The molecule has 0 aliphatic carbocycles. The number of aromatic nitrogens is 2. The van der Waals surface area contributed by atoms with Crippen molar-refractivity contribution in [2.75, 3.05) is 0 Å². The summed E-state index contributed by atoms with van der Waals surface area (Å²) < 4.78 is 5.47. The van der Waals surface area contributed by atoms with Crippen LogP contribution in [0.4, 0.5) is 0 Å². The van der Waals surface area contributed by atoms with Gasteiger partial charge in [-0.2, -0.15) is 4.98 Å². The van der Waals surface area contributed by atoms with E-state index in [1.807, 2.05) is 36.4 Å². The van der Waals surface area contributed by atoms with Crippen LogP contribution in [0.15, 0.2) is 47.0 Å². The maximum Gasteiger partial charge on any atom is 0.262 e. The first-order valence-corrected chi connectivity index (χ1v) is 8.54. The molecule has 0 fully saturated rings. The zero-order valence-corrected chi connectivity index (χ0v) is 15.4. The van der Waals surface area contributed by atoms with Gasteiger partial charge in [0, 0.05) is 11.1 Å². The minimum absolute atomic E-state index is 0.188. The first kappa shape index (κ1) is 17.2. The van der Waals surface area contributed by atoms with Gasteiger partial charge in [-0.25, -0.2) is 0 Å². The van der Waals surface area contributed by atoms with E-state index in [0.29, 0.717) is 23.2 Å². The van der Waals surface area contributed by atoms with Crippen LogP contribution >= 0.6 is 0 Å². The molecule has 4 nitrogen and oxygen atoms in total. The largest absolute Gasteiger partial charge is 0.507 e. The van der Waals surface area contributed by atoms with E-state index in [9.17, 15) is 5.11 Å². The molecule has 0 radical (unpaired) electrons. The fraction of sp³-hybridized carbons (Fsp3) is 0.333. The second-order valence-corrected chi connectivity index (χ2v) is 7.66. The van der Waals surface area contributed by atoms with E-state index < -0.39 is 0 Å². The van der Waals surface area contributed by atoms with Crippen LogP contribution in [-0.4, -0.2) is 15.2 Å². The molecule has 2 aromatic carbocycles. The van der Waals surface area contributed by atoms with Crippen molar-refractivity contribution in [2.45, 2.75) is 46.0 Å².